The van der Waals surface area contributed by atoms with Crippen molar-refractivity contribution >= 4 is 36.0 Å². The summed E-state index contributed by atoms with van der Waals surface area (Å²) < 4.78 is 0. The molecule has 170 valence electrons. The summed E-state index contributed by atoms with van der Waals surface area (Å²) in [7, 11) is 0. The molecule has 0 radical (unpaired) electrons. The highest BCUT2D eigenvalue weighted by atomic mass is 15.0. The Labute approximate surface area is 201 Å². The molecule has 2 heterocycles. The Morgan fingerprint density at radius 1 is 0.529 bits per heavy atom. The van der Waals surface area contributed by atoms with Gasteiger partial charge in [0, 0.05) is 37.3 Å². The minimum absolute atomic E-state index is 0.910. The molecule has 4 heteroatoms. The third-order valence-corrected chi connectivity index (χ3v) is 6.01. The third kappa shape index (κ3) is 5.70. The molecule has 0 saturated carbocycles. The van der Waals surface area contributed by atoms with Crippen LogP contribution >= 0.6 is 0 Å². The van der Waals surface area contributed by atoms with Crippen LogP contribution in [-0.2, 0) is 0 Å². The van der Waals surface area contributed by atoms with Gasteiger partial charge in [0.15, 0.2) is 0 Å². The van der Waals surface area contributed by atoms with Crippen LogP contribution in [0.25, 0.3) is 24.3 Å². The van der Waals surface area contributed by atoms with E-state index >= 15 is 0 Å². The number of amidine groups is 2. The fraction of sp³-hybridized carbons (Fsp3) is 0.200. The Bertz CT molecular complexity index is 1140. The number of nitrogens with zero attached hydrogens (tertiary/aromatic N) is 2. The summed E-state index contributed by atoms with van der Waals surface area (Å²) in [4.78, 5) is 9.14. The van der Waals surface area contributed by atoms with Crippen molar-refractivity contribution in [2.75, 3.05) is 26.2 Å². The van der Waals surface area contributed by atoms with Crippen molar-refractivity contribution in [1.29, 1.82) is 0 Å². The van der Waals surface area contributed by atoms with E-state index < -0.39 is 0 Å². The first-order valence-corrected chi connectivity index (χ1v) is 12.1. The second-order valence-corrected chi connectivity index (χ2v) is 8.60. The van der Waals surface area contributed by atoms with Gasteiger partial charge in [-0.3, -0.25) is 9.98 Å². The molecule has 0 bridgehead atoms. The van der Waals surface area contributed by atoms with Crippen molar-refractivity contribution < 1.29 is 0 Å². The van der Waals surface area contributed by atoms with Crippen molar-refractivity contribution in [2.45, 2.75) is 12.8 Å². The Kier molecular flexibility index (Phi) is 6.96. The molecular formula is C30H30N4. The van der Waals surface area contributed by atoms with Crippen LogP contribution in [0.3, 0.4) is 0 Å². The van der Waals surface area contributed by atoms with Gasteiger partial charge in [0.05, 0.1) is 0 Å². The average molecular weight is 447 g/mol. The largest absolute Gasteiger partial charge is 0.370 e. The monoisotopic (exact) mass is 446 g/mol. The van der Waals surface area contributed by atoms with Crippen LogP contribution in [0.2, 0.25) is 0 Å². The third-order valence-electron chi connectivity index (χ3n) is 6.01. The van der Waals surface area contributed by atoms with Crippen molar-refractivity contribution in [1.82, 2.24) is 10.6 Å². The maximum Gasteiger partial charge on any atom is 0.128 e. The van der Waals surface area contributed by atoms with Crippen molar-refractivity contribution in [2.24, 2.45) is 9.98 Å². The van der Waals surface area contributed by atoms with Gasteiger partial charge in [-0.15, -0.1) is 0 Å². The molecule has 4 nitrogen and oxygen atoms in total. The summed E-state index contributed by atoms with van der Waals surface area (Å²) in [5.74, 6) is 2.02. The highest BCUT2D eigenvalue weighted by molar-refractivity contribution is 5.99. The van der Waals surface area contributed by atoms with Crippen LogP contribution in [0.1, 0.15) is 46.2 Å². The molecule has 0 unspecified atom stereocenters. The quantitative estimate of drug-likeness (QED) is 0.491. The predicted octanol–water partition coefficient (Wildman–Crippen LogP) is 5.51. The van der Waals surface area contributed by atoms with Crippen LogP contribution in [0, 0.1) is 0 Å². The second-order valence-electron chi connectivity index (χ2n) is 8.60. The highest BCUT2D eigenvalue weighted by Gasteiger charge is 2.07. The molecular weight excluding hydrogens is 416 g/mol. The lowest BCUT2D eigenvalue weighted by atomic mass is 10.1. The summed E-state index contributed by atoms with van der Waals surface area (Å²) in [6.07, 6.45) is 10.9. The standard InChI is InChI=1S/C30H30N4/c1-4-25(8-6-23-10-14-27(15-11-23)29-31-18-2-19-32-29)22-26(5-1)9-7-24-12-16-28(17-13-24)30-33-20-3-21-34-30/h1,4-17,22H,2-3,18-21H2,(H,31,32)(H,33,34)/b8-6+,9-7+. The van der Waals surface area contributed by atoms with E-state index in [1.807, 2.05) is 0 Å². The molecule has 5 rings (SSSR count). The van der Waals surface area contributed by atoms with Gasteiger partial charge in [0.2, 0.25) is 0 Å². The Balaban J connectivity index is 1.23. The topological polar surface area (TPSA) is 48.8 Å². The number of aliphatic imine (C=N–C) groups is 2. The summed E-state index contributed by atoms with van der Waals surface area (Å²) >= 11 is 0. The number of hydrogen-bond acceptors (Lipinski definition) is 4. The number of benzene rings is 3. The van der Waals surface area contributed by atoms with Crippen molar-refractivity contribution in [3.63, 3.8) is 0 Å². The first-order valence-electron chi connectivity index (χ1n) is 12.1. The molecule has 3 aromatic carbocycles. The van der Waals surface area contributed by atoms with Gasteiger partial charge in [-0.1, -0.05) is 91.0 Å². The number of hydrogen-bond donors (Lipinski definition) is 2. The zero-order chi connectivity index (χ0) is 23.0. The minimum Gasteiger partial charge on any atom is -0.370 e. The van der Waals surface area contributed by atoms with E-state index in [2.05, 4.69) is 118 Å². The molecule has 0 fully saturated rings. The highest BCUT2D eigenvalue weighted by Crippen LogP contribution is 2.15. The van der Waals surface area contributed by atoms with E-state index in [9.17, 15) is 0 Å². The first-order chi connectivity index (χ1) is 16.8. The Morgan fingerprint density at radius 3 is 1.38 bits per heavy atom. The zero-order valence-corrected chi connectivity index (χ0v) is 19.4. The molecule has 2 N–H and O–H groups in total. The molecule has 0 saturated heterocycles. The number of rotatable bonds is 6. The summed E-state index contributed by atoms with van der Waals surface area (Å²) in [6.45, 7) is 3.83. The van der Waals surface area contributed by atoms with Crippen LogP contribution in [0.4, 0.5) is 0 Å². The Hall–Kier alpha value is -3.92. The van der Waals surface area contributed by atoms with Gasteiger partial charge in [0.1, 0.15) is 11.7 Å². The van der Waals surface area contributed by atoms with E-state index in [-0.39, 0.29) is 0 Å². The van der Waals surface area contributed by atoms with Gasteiger partial charge < -0.3 is 10.6 Å². The SMILES string of the molecule is C(=C\c1cccc(/C=C/c2ccc(C3=NCCCN3)cc2)c1)/c1ccc(C2=NCCCN2)cc1. The van der Waals surface area contributed by atoms with Crippen molar-refractivity contribution in [3.05, 3.63) is 106 Å². The van der Waals surface area contributed by atoms with Gasteiger partial charge in [-0.2, -0.15) is 0 Å². The van der Waals surface area contributed by atoms with Gasteiger partial charge in [0.25, 0.3) is 0 Å². The van der Waals surface area contributed by atoms with E-state index in [1.54, 1.807) is 0 Å². The fourth-order valence-electron chi connectivity index (χ4n) is 4.11. The average Bonchev–Trinajstić information content (AvgIpc) is 2.93. The van der Waals surface area contributed by atoms with Gasteiger partial charge in [-0.05, 0) is 41.2 Å². The zero-order valence-electron chi connectivity index (χ0n) is 19.4. The fourth-order valence-corrected chi connectivity index (χ4v) is 4.11. The lowest BCUT2D eigenvalue weighted by Gasteiger charge is -2.14. The van der Waals surface area contributed by atoms with Crippen LogP contribution in [-0.4, -0.2) is 37.9 Å². The summed E-state index contributed by atoms with van der Waals surface area (Å²) in [5, 5.41) is 6.76. The molecule has 0 amide bonds. The maximum absolute atomic E-state index is 4.57. The second kappa shape index (κ2) is 10.8. The first kappa shape index (κ1) is 21.9. The van der Waals surface area contributed by atoms with Gasteiger partial charge >= 0.3 is 0 Å². The van der Waals surface area contributed by atoms with E-state index in [4.69, 9.17) is 0 Å². The molecule has 0 atom stereocenters. The smallest absolute Gasteiger partial charge is 0.128 e. The molecule has 0 aromatic heterocycles. The van der Waals surface area contributed by atoms with E-state index in [0.717, 1.165) is 61.8 Å². The van der Waals surface area contributed by atoms with Crippen molar-refractivity contribution in [3.8, 4) is 0 Å². The van der Waals surface area contributed by atoms with E-state index in [0.29, 0.717) is 0 Å². The molecule has 34 heavy (non-hydrogen) atoms. The van der Waals surface area contributed by atoms with Crippen LogP contribution < -0.4 is 10.6 Å². The van der Waals surface area contributed by atoms with Crippen LogP contribution in [0.5, 0.6) is 0 Å². The lowest BCUT2D eigenvalue weighted by molar-refractivity contribution is 0.742. The maximum atomic E-state index is 4.57. The molecule has 3 aromatic rings. The lowest BCUT2D eigenvalue weighted by Crippen LogP contribution is -2.30. The van der Waals surface area contributed by atoms with E-state index in [1.165, 1.54) is 22.3 Å². The molecule has 0 aliphatic carbocycles. The molecule has 2 aliphatic rings. The molecule has 2 aliphatic heterocycles. The Morgan fingerprint density at radius 2 is 0.971 bits per heavy atom. The number of nitrogens with one attached hydrogen (secondary N) is 2. The molecule has 0 spiro atoms. The predicted molar refractivity (Wildman–Crippen MR) is 145 cm³/mol. The summed E-state index contributed by atoms with van der Waals surface area (Å²) in [5.41, 5.74) is 7.03. The minimum atomic E-state index is 0.910. The normalized spacial score (nSPS) is 16.1. The van der Waals surface area contributed by atoms with Gasteiger partial charge in [-0.25, -0.2) is 0 Å². The van der Waals surface area contributed by atoms with Crippen LogP contribution in [0.15, 0.2) is 82.8 Å². The summed E-state index contributed by atoms with van der Waals surface area (Å²) in [6, 6.07) is 25.7.